The highest BCUT2D eigenvalue weighted by Gasteiger charge is 2.18. The van der Waals surface area contributed by atoms with Gasteiger partial charge < -0.3 is 9.64 Å². The normalized spacial score (nSPS) is 17.8. The number of hydrogen-bond donors (Lipinski definition) is 1. The summed E-state index contributed by atoms with van der Waals surface area (Å²) in [4.78, 5) is 18.1. The van der Waals surface area contributed by atoms with Gasteiger partial charge in [-0.3, -0.25) is 5.10 Å². The Morgan fingerprint density at radius 2 is 2.53 bits per heavy atom. The Morgan fingerprint density at radius 1 is 1.71 bits per heavy atom. The number of amidine groups is 1. The van der Waals surface area contributed by atoms with Crippen molar-refractivity contribution in [3.63, 3.8) is 0 Å². The minimum Gasteiger partial charge on any atom is -0.462 e. The van der Waals surface area contributed by atoms with Crippen LogP contribution in [0.2, 0.25) is 0 Å². The quantitative estimate of drug-likeness (QED) is 0.804. The molecular formula is C11H16N4O2. The lowest BCUT2D eigenvalue weighted by atomic mass is 10.3. The Bertz CT molecular complexity index is 438. The van der Waals surface area contributed by atoms with Gasteiger partial charge in [-0.15, -0.1) is 0 Å². The molecule has 2 heterocycles. The van der Waals surface area contributed by atoms with Gasteiger partial charge in [0.1, 0.15) is 11.4 Å². The molecular weight excluding hydrogens is 220 g/mol. The topological polar surface area (TPSA) is 70.6 Å². The number of carbonyl (C=O) groups is 1. The first-order valence-electron chi connectivity index (χ1n) is 5.71. The van der Waals surface area contributed by atoms with E-state index in [4.69, 9.17) is 4.74 Å². The monoisotopic (exact) mass is 236 g/mol. The molecule has 1 aromatic heterocycles. The summed E-state index contributed by atoms with van der Waals surface area (Å²) >= 11 is 0. The number of aromatic amines is 1. The molecule has 0 atom stereocenters. The third-order valence-corrected chi connectivity index (χ3v) is 2.69. The van der Waals surface area contributed by atoms with Crippen molar-refractivity contribution in [3.05, 3.63) is 11.8 Å². The van der Waals surface area contributed by atoms with E-state index >= 15 is 0 Å². The average Bonchev–Trinajstić information content (AvgIpc) is 2.90. The molecule has 6 heteroatoms. The lowest BCUT2D eigenvalue weighted by Gasteiger charge is -2.10. The Kier molecular flexibility index (Phi) is 3.41. The van der Waals surface area contributed by atoms with Crippen LogP contribution in [0.5, 0.6) is 0 Å². The van der Waals surface area contributed by atoms with Crippen LogP contribution in [0.1, 0.15) is 30.1 Å². The van der Waals surface area contributed by atoms with E-state index in [2.05, 4.69) is 20.1 Å². The van der Waals surface area contributed by atoms with Crippen molar-refractivity contribution < 1.29 is 9.53 Å². The summed E-state index contributed by atoms with van der Waals surface area (Å²) in [6.45, 7) is 3.12. The summed E-state index contributed by atoms with van der Waals surface area (Å²) in [5.41, 5.74) is 0.389. The van der Waals surface area contributed by atoms with E-state index in [0.29, 0.717) is 18.0 Å². The van der Waals surface area contributed by atoms with E-state index in [9.17, 15) is 4.79 Å². The van der Waals surface area contributed by atoms with Gasteiger partial charge in [-0.2, -0.15) is 5.10 Å². The van der Waals surface area contributed by atoms with E-state index in [0.717, 1.165) is 25.2 Å². The van der Waals surface area contributed by atoms with Crippen LogP contribution in [-0.4, -0.2) is 47.1 Å². The van der Waals surface area contributed by atoms with Crippen LogP contribution in [0, 0.1) is 0 Å². The number of carbonyl (C=O) groups excluding carboxylic acids is 1. The van der Waals surface area contributed by atoms with Crippen molar-refractivity contribution in [3.8, 4) is 0 Å². The number of ether oxygens (including phenoxy) is 1. The third kappa shape index (κ3) is 2.46. The molecule has 1 aliphatic rings. The van der Waals surface area contributed by atoms with Gasteiger partial charge in [-0.05, 0) is 13.3 Å². The van der Waals surface area contributed by atoms with Crippen LogP contribution in [0.4, 0.5) is 5.82 Å². The second-order valence-corrected chi connectivity index (χ2v) is 3.91. The summed E-state index contributed by atoms with van der Waals surface area (Å²) in [5.74, 6) is 1.06. The van der Waals surface area contributed by atoms with E-state index in [-0.39, 0.29) is 5.97 Å². The first-order chi connectivity index (χ1) is 8.22. The molecule has 0 aromatic carbocycles. The molecule has 1 N–H and O–H groups in total. The molecule has 6 nitrogen and oxygen atoms in total. The van der Waals surface area contributed by atoms with Crippen LogP contribution in [-0.2, 0) is 4.74 Å². The van der Waals surface area contributed by atoms with Crippen molar-refractivity contribution >= 4 is 17.6 Å². The number of hydrogen-bond acceptors (Lipinski definition) is 4. The largest absolute Gasteiger partial charge is 0.462 e. The minimum atomic E-state index is -0.388. The van der Waals surface area contributed by atoms with Crippen LogP contribution in [0.25, 0.3) is 0 Å². The molecule has 1 aliphatic heterocycles. The third-order valence-electron chi connectivity index (χ3n) is 2.69. The zero-order valence-corrected chi connectivity index (χ0v) is 10.1. The summed E-state index contributed by atoms with van der Waals surface area (Å²) in [7, 11) is 1.99. The molecule has 92 valence electrons. The van der Waals surface area contributed by atoms with E-state index < -0.39 is 0 Å². The fourth-order valence-corrected chi connectivity index (χ4v) is 1.79. The second-order valence-electron chi connectivity index (χ2n) is 3.91. The van der Waals surface area contributed by atoms with Gasteiger partial charge in [-0.25, -0.2) is 9.79 Å². The number of nitrogens with one attached hydrogen (secondary N) is 1. The maximum Gasteiger partial charge on any atom is 0.343 e. The number of H-pyrrole nitrogens is 1. The number of aliphatic imine (C=N–C) groups is 1. The molecule has 0 unspecified atom stereocenters. The lowest BCUT2D eigenvalue weighted by Crippen LogP contribution is -2.18. The number of aromatic nitrogens is 2. The molecule has 0 radical (unpaired) electrons. The van der Waals surface area contributed by atoms with Gasteiger partial charge in [0, 0.05) is 20.0 Å². The van der Waals surface area contributed by atoms with Crippen molar-refractivity contribution in [2.75, 3.05) is 20.2 Å². The summed E-state index contributed by atoms with van der Waals surface area (Å²) in [6, 6.07) is 0. The van der Waals surface area contributed by atoms with Crippen molar-refractivity contribution in [1.29, 1.82) is 0 Å². The number of nitrogens with zero attached hydrogens (tertiary/aromatic N) is 3. The molecule has 1 fully saturated rings. The summed E-state index contributed by atoms with van der Waals surface area (Å²) in [5, 5.41) is 6.57. The first kappa shape index (κ1) is 11.6. The molecule has 1 aromatic rings. The molecule has 1 saturated heterocycles. The fourth-order valence-electron chi connectivity index (χ4n) is 1.79. The van der Waals surface area contributed by atoms with Crippen LogP contribution >= 0.6 is 0 Å². The Hall–Kier alpha value is -1.85. The predicted octanol–water partition coefficient (Wildman–Crippen LogP) is 1.34. The van der Waals surface area contributed by atoms with Crippen LogP contribution in [0.3, 0.4) is 0 Å². The smallest absolute Gasteiger partial charge is 0.343 e. The van der Waals surface area contributed by atoms with Crippen molar-refractivity contribution in [2.45, 2.75) is 19.8 Å². The highest BCUT2D eigenvalue weighted by Crippen LogP contribution is 2.19. The van der Waals surface area contributed by atoms with Gasteiger partial charge in [0.05, 0.1) is 12.8 Å². The molecule has 0 bridgehead atoms. The molecule has 0 aliphatic carbocycles. The van der Waals surface area contributed by atoms with Crippen LogP contribution < -0.4 is 0 Å². The van der Waals surface area contributed by atoms with Gasteiger partial charge in [-0.1, -0.05) is 0 Å². The Balaban J connectivity index is 2.22. The number of likely N-dealkylation sites (tertiary alicyclic amines) is 1. The zero-order chi connectivity index (χ0) is 12.3. The fraction of sp³-hybridized carbons (Fsp3) is 0.545. The van der Waals surface area contributed by atoms with E-state index in [1.165, 1.54) is 6.20 Å². The highest BCUT2D eigenvalue weighted by atomic mass is 16.5. The first-order valence-corrected chi connectivity index (χ1v) is 5.71. The van der Waals surface area contributed by atoms with Gasteiger partial charge in [0.15, 0.2) is 5.82 Å². The summed E-state index contributed by atoms with van der Waals surface area (Å²) in [6.07, 6.45) is 3.47. The lowest BCUT2D eigenvalue weighted by molar-refractivity contribution is 0.0527. The molecule has 0 spiro atoms. The second kappa shape index (κ2) is 4.99. The number of esters is 1. The van der Waals surface area contributed by atoms with Crippen molar-refractivity contribution in [2.24, 2.45) is 4.99 Å². The highest BCUT2D eigenvalue weighted by molar-refractivity contribution is 5.95. The molecule has 2 rings (SSSR count). The minimum absolute atomic E-state index is 0.347. The van der Waals surface area contributed by atoms with Crippen LogP contribution in [0.15, 0.2) is 11.2 Å². The average molecular weight is 236 g/mol. The SMILES string of the molecule is CCOC(=O)c1cn[nH]c1/N=C1\CCCN1C. The van der Waals surface area contributed by atoms with Gasteiger partial charge in [0.2, 0.25) is 0 Å². The van der Waals surface area contributed by atoms with Gasteiger partial charge in [0.25, 0.3) is 0 Å². The van der Waals surface area contributed by atoms with E-state index in [1.54, 1.807) is 6.92 Å². The molecule has 0 saturated carbocycles. The maximum atomic E-state index is 11.6. The van der Waals surface area contributed by atoms with Gasteiger partial charge >= 0.3 is 5.97 Å². The Morgan fingerprint density at radius 3 is 3.18 bits per heavy atom. The molecule has 17 heavy (non-hydrogen) atoms. The van der Waals surface area contributed by atoms with E-state index in [1.807, 2.05) is 7.05 Å². The predicted molar refractivity (Wildman–Crippen MR) is 63.5 cm³/mol. The zero-order valence-electron chi connectivity index (χ0n) is 10.1. The van der Waals surface area contributed by atoms with Crippen molar-refractivity contribution in [1.82, 2.24) is 15.1 Å². The summed E-state index contributed by atoms with van der Waals surface area (Å²) < 4.78 is 4.94. The Labute approximate surface area is 99.7 Å². The maximum absolute atomic E-state index is 11.6. The molecule has 0 amide bonds. The number of rotatable bonds is 3. The standard InChI is InChI=1S/C11H16N4O2/c1-3-17-11(16)8-7-12-14-10(8)13-9-5-4-6-15(9)2/h7H,3-6H2,1-2H3,(H,12,14)/b13-9+.